The molecular formula is C20H28Cl2N4O2S. The van der Waals surface area contributed by atoms with Crippen LogP contribution in [0, 0.1) is 0 Å². The largest absolute Gasteiger partial charge is 0.330 e. The number of halogens is 2. The smallest absolute Gasteiger partial charge is 0.328 e. The van der Waals surface area contributed by atoms with Crippen LogP contribution in [0.3, 0.4) is 0 Å². The van der Waals surface area contributed by atoms with Gasteiger partial charge in [0.25, 0.3) is 0 Å². The van der Waals surface area contributed by atoms with E-state index in [0.29, 0.717) is 24.0 Å². The molecule has 2 aromatic rings. The molecule has 2 aromatic carbocycles. The Bertz CT molecular complexity index is 890. The van der Waals surface area contributed by atoms with Crippen molar-refractivity contribution < 1.29 is 8.42 Å². The van der Waals surface area contributed by atoms with Crippen molar-refractivity contribution in [3.8, 4) is 0 Å². The summed E-state index contributed by atoms with van der Waals surface area (Å²) in [5.74, 6) is 0. The molecule has 160 valence electrons. The molecule has 2 heterocycles. The molecule has 0 radical (unpaired) electrons. The van der Waals surface area contributed by atoms with Gasteiger partial charge in [0.15, 0.2) is 0 Å². The highest BCUT2D eigenvalue weighted by Crippen LogP contribution is 2.44. The highest BCUT2D eigenvalue weighted by Gasteiger charge is 2.40. The SMILES string of the molecule is Cl.Cl.NC1CCN(CCCN2c3ccccc3N(c3ccccc3)S2(=O)=O)CC1. The molecule has 0 spiro atoms. The van der Waals surface area contributed by atoms with Crippen LogP contribution in [0.2, 0.25) is 0 Å². The minimum Gasteiger partial charge on any atom is -0.328 e. The average Bonchev–Trinajstić information content (AvgIpc) is 2.90. The van der Waals surface area contributed by atoms with E-state index < -0.39 is 10.2 Å². The molecule has 2 aliphatic rings. The summed E-state index contributed by atoms with van der Waals surface area (Å²) in [5.41, 5.74) is 8.10. The van der Waals surface area contributed by atoms with Gasteiger partial charge in [0.05, 0.1) is 17.1 Å². The van der Waals surface area contributed by atoms with Crippen molar-refractivity contribution in [3.05, 3.63) is 54.6 Å². The number of benzene rings is 2. The summed E-state index contributed by atoms with van der Waals surface area (Å²) in [6, 6.07) is 17.1. The quantitative estimate of drug-likeness (QED) is 0.743. The first-order valence-corrected chi connectivity index (χ1v) is 10.9. The van der Waals surface area contributed by atoms with Crippen LogP contribution in [0.25, 0.3) is 0 Å². The first-order valence-electron chi connectivity index (χ1n) is 9.52. The number of hydrogen-bond acceptors (Lipinski definition) is 4. The lowest BCUT2D eigenvalue weighted by Gasteiger charge is -2.30. The van der Waals surface area contributed by atoms with Crippen LogP contribution in [0.4, 0.5) is 17.1 Å². The van der Waals surface area contributed by atoms with E-state index >= 15 is 0 Å². The Morgan fingerprint density at radius 3 is 2.10 bits per heavy atom. The number of rotatable bonds is 5. The first kappa shape index (κ1) is 23.8. The monoisotopic (exact) mass is 458 g/mol. The Balaban J connectivity index is 0.00000150. The van der Waals surface area contributed by atoms with E-state index in [9.17, 15) is 8.42 Å². The number of anilines is 3. The summed E-state index contributed by atoms with van der Waals surface area (Å²) < 4.78 is 29.6. The Morgan fingerprint density at radius 2 is 1.45 bits per heavy atom. The van der Waals surface area contributed by atoms with Crippen molar-refractivity contribution in [2.75, 3.05) is 34.8 Å². The molecule has 0 unspecified atom stereocenters. The second kappa shape index (κ2) is 10.00. The van der Waals surface area contributed by atoms with Gasteiger partial charge >= 0.3 is 10.2 Å². The molecule has 0 amide bonds. The maximum atomic E-state index is 13.3. The lowest BCUT2D eigenvalue weighted by molar-refractivity contribution is 0.212. The van der Waals surface area contributed by atoms with Gasteiger partial charge in [-0.15, -0.1) is 24.8 Å². The molecule has 0 atom stereocenters. The number of likely N-dealkylation sites (tertiary alicyclic amines) is 1. The van der Waals surface area contributed by atoms with E-state index in [1.54, 1.807) is 4.31 Å². The summed E-state index contributed by atoms with van der Waals surface area (Å²) in [7, 11) is -3.62. The third kappa shape index (κ3) is 4.81. The van der Waals surface area contributed by atoms with E-state index in [1.807, 2.05) is 54.6 Å². The lowest BCUT2D eigenvalue weighted by Crippen LogP contribution is -2.41. The van der Waals surface area contributed by atoms with Gasteiger partial charge in [-0.25, -0.2) is 4.31 Å². The topological polar surface area (TPSA) is 69.9 Å². The number of piperidine rings is 1. The predicted molar refractivity (Wildman–Crippen MR) is 124 cm³/mol. The maximum absolute atomic E-state index is 13.3. The van der Waals surface area contributed by atoms with E-state index in [-0.39, 0.29) is 24.8 Å². The molecule has 2 aliphatic heterocycles. The molecule has 4 rings (SSSR count). The van der Waals surface area contributed by atoms with Crippen LogP contribution in [0.1, 0.15) is 19.3 Å². The molecule has 2 N–H and O–H groups in total. The van der Waals surface area contributed by atoms with Crippen LogP contribution >= 0.6 is 24.8 Å². The molecule has 29 heavy (non-hydrogen) atoms. The van der Waals surface area contributed by atoms with E-state index in [1.165, 1.54) is 4.31 Å². The van der Waals surface area contributed by atoms with Gasteiger partial charge in [0.2, 0.25) is 0 Å². The van der Waals surface area contributed by atoms with Crippen molar-refractivity contribution in [2.45, 2.75) is 25.3 Å². The summed E-state index contributed by atoms with van der Waals surface area (Å²) in [6.07, 6.45) is 2.84. The van der Waals surface area contributed by atoms with Crippen LogP contribution in [-0.2, 0) is 10.2 Å². The average molecular weight is 459 g/mol. The minimum absolute atomic E-state index is 0. The number of fused-ring (bicyclic) bond motifs is 1. The Kier molecular flexibility index (Phi) is 8.19. The van der Waals surface area contributed by atoms with Gasteiger partial charge in [0, 0.05) is 12.6 Å². The third-order valence-electron chi connectivity index (χ3n) is 5.34. The van der Waals surface area contributed by atoms with Gasteiger partial charge in [-0.3, -0.25) is 4.31 Å². The highest BCUT2D eigenvalue weighted by atomic mass is 35.5. The molecule has 9 heteroatoms. The zero-order chi connectivity index (χ0) is 18.9. The van der Waals surface area contributed by atoms with Crippen LogP contribution in [0.5, 0.6) is 0 Å². The van der Waals surface area contributed by atoms with Gasteiger partial charge in [-0.2, -0.15) is 8.42 Å². The van der Waals surface area contributed by atoms with Crippen molar-refractivity contribution in [1.29, 1.82) is 0 Å². The van der Waals surface area contributed by atoms with Gasteiger partial charge in [-0.05, 0) is 63.2 Å². The van der Waals surface area contributed by atoms with Crippen molar-refractivity contribution in [3.63, 3.8) is 0 Å². The summed E-state index contributed by atoms with van der Waals surface area (Å²) in [6.45, 7) is 3.37. The van der Waals surface area contributed by atoms with E-state index in [2.05, 4.69) is 4.90 Å². The fourth-order valence-corrected chi connectivity index (χ4v) is 5.63. The van der Waals surface area contributed by atoms with Crippen molar-refractivity contribution >= 4 is 52.1 Å². The second-order valence-corrected chi connectivity index (χ2v) is 8.90. The Hall–Kier alpha value is -1.51. The molecular weight excluding hydrogens is 431 g/mol. The van der Waals surface area contributed by atoms with Crippen LogP contribution in [0.15, 0.2) is 54.6 Å². The number of nitrogens with two attached hydrogens (primary N) is 1. The van der Waals surface area contributed by atoms with E-state index in [0.717, 1.165) is 44.6 Å². The Morgan fingerprint density at radius 1 is 0.862 bits per heavy atom. The van der Waals surface area contributed by atoms with Gasteiger partial charge < -0.3 is 10.6 Å². The van der Waals surface area contributed by atoms with E-state index in [4.69, 9.17) is 5.73 Å². The van der Waals surface area contributed by atoms with Crippen molar-refractivity contribution in [2.24, 2.45) is 5.73 Å². The zero-order valence-electron chi connectivity index (χ0n) is 16.2. The van der Waals surface area contributed by atoms with Crippen LogP contribution < -0.4 is 14.3 Å². The minimum atomic E-state index is -3.62. The fraction of sp³-hybridized carbons (Fsp3) is 0.400. The second-order valence-electron chi connectivity index (χ2n) is 7.20. The molecule has 6 nitrogen and oxygen atoms in total. The van der Waals surface area contributed by atoms with Crippen molar-refractivity contribution in [1.82, 2.24) is 4.90 Å². The standard InChI is InChI=1S/C20H26N4O2S.2ClH/c21-17-11-15-22(16-12-17)13-6-14-23-19-9-4-5-10-20(19)24(27(23,25)26)18-7-2-1-3-8-18;;/h1-5,7-10,17H,6,11-16,21H2;2*1H. The molecule has 1 saturated heterocycles. The van der Waals surface area contributed by atoms with Crippen LogP contribution in [-0.4, -0.2) is 45.5 Å². The summed E-state index contributed by atoms with van der Waals surface area (Å²) in [5, 5.41) is 0. The number of para-hydroxylation sites is 3. The zero-order valence-corrected chi connectivity index (χ0v) is 18.6. The van der Waals surface area contributed by atoms with Gasteiger partial charge in [0.1, 0.15) is 0 Å². The fourth-order valence-electron chi connectivity index (χ4n) is 3.88. The summed E-state index contributed by atoms with van der Waals surface area (Å²) >= 11 is 0. The van der Waals surface area contributed by atoms with Gasteiger partial charge in [-0.1, -0.05) is 30.3 Å². The molecule has 0 aliphatic carbocycles. The molecule has 0 bridgehead atoms. The highest BCUT2D eigenvalue weighted by molar-refractivity contribution is 7.95. The molecule has 1 fully saturated rings. The predicted octanol–water partition coefficient (Wildman–Crippen LogP) is 3.55. The molecule has 0 aromatic heterocycles. The Labute approximate surface area is 185 Å². The third-order valence-corrected chi connectivity index (χ3v) is 7.14. The number of hydrogen-bond donors (Lipinski definition) is 1. The maximum Gasteiger partial charge on any atom is 0.330 e. The normalized spacial score (nSPS) is 18.7. The molecule has 0 saturated carbocycles. The first-order chi connectivity index (χ1) is 13.1. The lowest BCUT2D eigenvalue weighted by atomic mass is 10.1. The summed E-state index contributed by atoms with van der Waals surface area (Å²) in [4.78, 5) is 2.38. The number of nitrogens with zero attached hydrogens (tertiary/aromatic N) is 3.